The minimum Gasteiger partial charge on any atom is -0.383 e. The summed E-state index contributed by atoms with van der Waals surface area (Å²) in [4.78, 5) is 26.7. The Bertz CT molecular complexity index is 637. The van der Waals surface area contributed by atoms with Crippen molar-refractivity contribution in [3.63, 3.8) is 0 Å². The Morgan fingerprint density at radius 1 is 1.35 bits per heavy atom. The zero-order valence-electron chi connectivity index (χ0n) is 8.63. The maximum Gasteiger partial charge on any atom is 0.356 e. The van der Waals surface area contributed by atoms with Gasteiger partial charge in [0.25, 0.3) is 5.91 Å². The van der Waals surface area contributed by atoms with Gasteiger partial charge in [0.05, 0.1) is 0 Å². The van der Waals surface area contributed by atoms with Crippen molar-refractivity contribution in [2.45, 2.75) is 0 Å². The highest BCUT2D eigenvalue weighted by Gasteiger charge is 2.11. The molecule has 0 unspecified atom stereocenters. The predicted octanol–water partition coefficient (Wildman–Crippen LogP) is 0.653. The summed E-state index contributed by atoms with van der Waals surface area (Å²) >= 11 is 0. The summed E-state index contributed by atoms with van der Waals surface area (Å²) in [6, 6.07) is 6.37. The van der Waals surface area contributed by atoms with Gasteiger partial charge in [-0.05, 0) is 24.3 Å². The van der Waals surface area contributed by atoms with Gasteiger partial charge in [-0.2, -0.15) is 4.98 Å². The molecular formula is C11H8FN3O2. The van der Waals surface area contributed by atoms with Crippen LogP contribution in [0.4, 0.5) is 10.2 Å². The van der Waals surface area contributed by atoms with Crippen LogP contribution in [0.15, 0.2) is 41.3 Å². The monoisotopic (exact) mass is 233 g/mol. The lowest BCUT2D eigenvalue weighted by Crippen LogP contribution is -2.29. The summed E-state index contributed by atoms with van der Waals surface area (Å²) < 4.78 is 13.7. The smallest absolute Gasteiger partial charge is 0.356 e. The van der Waals surface area contributed by atoms with Crippen molar-refractivity contribution < 1.29 is 9.18 Å². The first-order valence-electron chi connectivity index (χ1n) is 4.73. The molecule has 2 aromatic rings. The molecule has 0 amide bonds. The van der Waals surface area contributed by atoms with Crippen LogP contribution < -0.4 is 11.4 Å². The lowest BCUT2D eigenvalue weighted by molar-refractivity contribution is 0.0954. The van der Waals surface area contributed by atoms with E-state index in [1.807, 2.05) is 0 Å². The van der Waals surface area contributed by atoms with E-state index < -0.39 is 17.4 Å². The Labute approximate surface area is 95.3 Å². The van der Waals surface area contributed by atoms with Gasteiger partial charge >= 0.3 is 5.69 Å². The molecule has 0 spiro atoms. The third-order valence-corrected chi connectivity index (χ3v) is 2.12. The Morgan fingerprint density at radius 3 is 2.76 bits per heavy atom. The van der Waals surface area contributed by atoms with E-state index in [2.05, 4.69) is 4.98 Å². The molecule has 5 nitrogen and oxygen atoms in total. The normalized spacial score (nSPS) is 10.2. The first-order chi connectivity index (χ1) is 8.08. The van der Waals surface area contributed by atoms with Gasteiger partial charge in [0.15, 0.2) is 0 Å². The summed E-state index contributed by atoms with van der Waals surface area (Å²) in [5.41, 5.74) is 4.57. The average Bonchev–Trinajstić information content (AvgIpc) is 2.28. The SMILES string of the molecule is Nc1ccn(C(=O)c2cccc(F)c2)c(=O)n1. The van der Waals surface area contributed by atoms with Gasteiger partial charge in [-0.3, -0.25) is 4.79 Å². The van der Waals surface area contributed by atoms with E-state index in [9.17, 15) is 14.0 Å². The lowest BCUT2D eigenvalue weighted by Gasteiger charge is -2.03. The molecule has 0 atom stereocenters. The van der Waals surface area contributed by atoms with Gasteiger partial charge in [-0.1, -0.05) is 6.07 Å². The molecule has 0 saturated carbocycles. The molecular weight excluding hydrogens is 225 g/mol. The van der Waals surface area contributed by atoms with E-state index >= 15 is 0 Å². The summed E-state index contributed by atoms with van der Waals surface area (Å²) in [5, 5.41) is 0. The fourth-order valence-electron chi connectivity index (χ4n) is 1.33. The lowest BCUT2D eigenvalue weighted by atomic mass is 10.2. The highest BCUT2D eigenvalue weighted by atomic mass is 19.1. The fraction of sp³-hybridized carbons (Fsp3) is 0. The van der Waals surface area contributed by atoms with Gasteiger partial charge in [0.2, 0.25) is 0 Å². The van der Waals surface area contributed by atoms with Crippen molar-refractivity contribution in [3.05, 3.63) is 58.4 Å². The number of benzene rings is 1. The highest BCUT2D eigenvalue weighted by molar-refractivity contribution is 5.95. The fourth-order valence-corrected chi connectivity index (χ4v) is 1.33. The molecule has 0 aliphatic carbocycles. The Morgan fingerprint density at radius 2 is 2.12 bits per heavy atom. The van der Waals surface area contributed by atoms with Crippen LogP contribution in [0.1, 0.15) is 10.4 Å². The maximum atomic E-state index is 12.9. The van der Waals surface area contributed by atoms with Gasteiger partial charge in [-0.25, -0.2) is 13.8 Å². The highest BCUT2D eigenvalue weighted by Crippen LogP contribution is 2.05. The quantitative estimate of drug-likeness (QED) is 0.784. The first kappa shape index (κ1) is 11.0. The van der Waals surface area contributed by atoms with Crippen molar-refractivity contribution >= 4 is 11.7 Å². The van der Waals surface area contributed by atoms with Crippen molar-refractivity contribution in [1.29, 1.82) is 0 Å². The summed E-state index contributed by atoms with van der Waals surface area (Å²) in [5.74, 6) is -1.17. The molecule has 0 fully saturated rings. The number of rotatable bonds is 1. The Balaban J connectivity index is 2.48. The third-order valence-electron chi connectivity index (χ3n) is 2.12. The minimum absolute atomic E-state index is 0.0262. The molecule has 1 aromatic carbocycles. The number of nitrogens with zero attached hydrogens (tertiary/aromatic N) is 2. The standard InChI is InChI=1S/C11H8FN3O2/c12-8-3-1-2-7(6-8)10(16)15-5-4-9(13)14-11(15)17/h1-6H,(H2,13,14,17). The average molecular weight is 233 g/mol. The van der Waals surface area contributed by atoms with Crippen LogP contribution >= 0.6 is 0 Å². The molecule has 0 aliphatic rings. The van der Waals surface area contributed by atoms with Gasteiger partial charge < -0.3 is 5.73 Å². The van der Waals surface area contributed by atoms with Crippen LogP contribution in [0.25, 0.3) is 0 Å². The number of anilines is 1. The van der Waals surface area contributed by atoms with Crippen LogP contribution in [-0.4, -0.2) is 15.5 Å². The van der Waals surface area contributed by atoms with Crippen LogP contribution in [0.2, 0.25) is 0 Å². The zero-order valence-corrected chi connectivity index (χ0v) is 8.63. The summed E-state index contributed by atoms with van der Waals surface area (Å²) in [6.07, 6.45) is 1.21. The van der Waals surface area contributed by atoms with E-state index in [0.717, 1.165) is 10.6 Å². The molecule has 0 aliphatic heterocycles. The largest absolute Gasteiger partial charge is 0.383 e. The van der Waals surface area contributed by atoms with Gasteiger partial charge in [0, 0.05) is 11.8 Å². The van der Waals surface area contributed by atoms with E-state index in [-0.39, 0.29) is 11.4 Å². The predicted molar refractivity (Wildman–Crippen MR) is 59.0 cm³/mol. The Kier molecular flexibility index (Phi) is 2.70. The number of aromatic nitrogens is 2. The van der Waals surface area contributed by atoms with Crippen LogP contribution in [0.3, 0.4) is 0 Å². The third kappa shape index (κ3) is 2.20. The van der Waals surface area contributed by atoms with Crippen molar-refractivity contribution in [1.82, 2.24) is 9.55 Å². The second-order valence-corrected chi connectivity index (χ2v) is 3.32. The number of hydrogen-bond acceptors (Lipinski definition) is 4. The summed E-state index contributed by atoms with van der Waals surface area (Å²) in [6.45, 7) is 0. The van der Waals surface area contributed by atoms with E-state index in [0.29, 0.717) is 0 Å². The topological polar surface area (TPSA) is 78.0 Å². The molecule has 86 valence electrons. The first-order valence-corrected chi connectivity index (χ1v) is 4.73. The molecule has 2 rings (SSSR count). The molecule has 0 saturated heterocycles. The van der Waals surface area contributed by atoms with Gasteiger partial charge in [-0.15, -0.1) is 0 Å². The number of nitrogens with two attached hydrogens (primary N) is 1. The van der Waals surface area contributed by atoms with E-state index in [4.69, 9.17) is 5.73 Å². The van der Waals surface area contributed by atoms with Crippen molar-refractivity contribution in [2.24, 2.45) is 0 Å². The zero-order chi connectivity index (χ0) is 12.4. The molecule has 1 aromatic heterocycles. The molecule has 2 N–H and O–H groups in total. The molecule has 1 heterocycles. The second kappa shape index (κ2) is 4.17. The van der Waals surface area contributed by atoms with E-state index in [1.54, 1.807) is 0 Å². The van der Waals surface area contributed by atoms with Crippen LogP contribution in [0, 0.1) is 5.82 Å². The Hall–Kier alpha value is -2.50. The van der Waals surface area contributed by atoms with Crippen LogP contribution in [0.5, 0.6) is 0 Å². The molecule has 0 bridgehead atoms. The second-order valence-electron chi connectivity index (χ2n) is 3.32. The summed E-state index contributed by atoms with van der Waals surface area (Å²) in [7, 11) is 0. The van der Waals surface area contributed by atoms with Gasteiger partial charge in [0.1, 0.15) is 11.6 Å². The van der Waals surface area contributed by atoms with Crippen molar-refractivity contribution in [2.75, 3.05) is 5.73 Å². The van der Waals surface area contributed by atoms with Crippen LogP contribution in [-0.2, 0) is 0 Å². The van der Waals surface area contributed by atoms with Crippen molar-refractivity contribution in [3.8, 4) is 0 Å². The van der Waals surface area contributed by atoms with E-state index in [1.165, 1.54) is 30.5 Å². The number of hydrogen-bond donors (Lipinski definition) is 1. The number of halogens is 1. The number of nitrogen functional groups attached to an aromatic ring is 1. The minimum atomic E-state index is -0.792. The molecule has 17 heavy (non-hydrogen) atoms. The number of carbonyl (C=O) groups is 1. The molecule has 0 radical (unpaired) electrons. The maximum absolute atomic E-state index is 12.9. The number of carbonyl (C=O) groups excluding carboxylic acids is 1. The molecule has 6 heteroatoms.